The Hall–Kier alpha value is -2.32. The Balaban J connectivity index is 1.73. The molecule has 0 aromatic heterocycles. The van der Waals surface area contributed by atoms with E-state index in [2.05, 4.69) is 30.3 Å². The quantitative estimate of drug-likeness (QED) is 0.453. The largest absolute Gasteiger partial charge is 0.427 e. The van der Waals surface area contributed by atoms with Crippen LogP contribution in [0.5, 0.6) is 5.75 Å². The van der Waals surface area contributed by atoms with Gasteiger partial charge in [-0.05, 0) is 64.4 Å². The van der Waals surface area contributed by atoms with E-state index in [0.717, 1.165) is 16.8 Å². The van der Waals surface area contributed by atoms with Gasteiger partial charge in [0.05, 0.1) is 0 Å². The smallest absolute Gasteiger partial charge is 0.308 e. The van der Waals surface area contributed by atoms with E-state index >= 15 is 0 Å². The van der Waals surface area contributed by atoms with Crippen LogP contribution in [-0.2, 0) is 4.79 Å². The van der Waals surface area contributed by atoms with Crippen LogP contribution in [0.1, 0.15) is 36.3 Å². The van der Waals surface area contributed by atoms with E-state index in [1.807, 2.05) is 30.3 Å². The second-order valence-electron chi connectivity index (χ2n) is 6.33. The average molecular weight is 337 g/mol. The number of carbonyl (C=O) groups excluding carboxylic acids is 1. The van der Waals surface area contributed by atoms with Gasteiger partial charge in [-0.15, -0.1) is 0 Å². The molecular formula is C21H17ClO2. The Kier molecular flexibility index (Phi) is 3.78. The standard InChI is InChI=1S/C21H17ClO2/c1-13(23)24-17-10-15-4-2-3-5-18(15)20(11-17)21-12-19(21)14-6-8-16(22)9-7-14/h2-11,19,21H,12H2,1H3. The number of halogens is 1. The Labute approximate surface area is 146 Å². The van der Waals surface area contributed by atoms with Gasteiger partial charge in [0.15, 0.2) is 0 Å². The fourth-order valence-electron chi connectivity index (χ4n) is 3.46. The number of rotatable bonds is 3. The first-order chi connectivity index (χ1) is 11.6. The first-order valence-corrected chi connectivity index (χ1v) is 8.46. The summed E-state index contributed by atoms with van der Waals surface area (Å²) in [5.41, 5.74) is 2.57. The van der Waals surface area contributed by atoms with Crippen LogP contribution >= 0.6 is 11.6 Å². The van der Waals surface area contributed by atoms with Gasteiger partial charge >= 0.3 is 5.97 Å². The van der Waals surface area contributed by atoms with Crippen LogP contribution in [-0.4, -0.2) is 5.97 Å². The minimum atomic E-state index is -0.290. The minimum Gasteiger partial charge on any atom is -0.427 e. The van der Waals surface area contributed by atoms with Crippen molar-refractivity contribution in [2.24, 2.45) is 0 Å². The average Bonchev–Trinajstić information content (AvgIpc) is 3.35. The summed E-state index contributed by atoms with van der Waals surface area (Å²) < 4.78 is 5.34. The van der Waals surface area contributed by atoms with Crippen molar-refractivity contribution in [3.8, 4) is 5.75 Å². The highest BCUT2D eigenvalue weighted by molar-refractivity contribution is 6.30. The molecule has 0 amide bonds. The first kappa shape index (κ1) is 15.2. The zero-order valence-corrected chi connectivity index (χ0v) is 14.1. The van der Waals surface area contributed by atoms with Gasteiger partial charge in [0.25, 0.3) is 0 Å². The van der Waals surface area contributed by atoms with Gasteiger partial charge in [-0.3, -0.25) is 4.79 Å². The van der Waals surface area contributed by atoms with E-state index < -0.39 is 0 Å². The van der Waals surface area contributed by atoms with E-state index in [0.29, 0.717) is 17.6 Å². The summed E-state index contributed by atoms with van der Waals surface area (Å²) in [5.74, 6) is 1.28. The molecule has 2 unspecified atom stereocenters. The maximum Gasteiger partial charge on any atom is 0.308 e. The van der Waals surface area contributed by atoms with E-state index in [-0.39, 0.29) is 5.97 Å². The highest BCUT2D eigenvalue weighted by Crippen LogP contribution is 2.56. The molecule has 4 rings (SSSR count). The van der Waals surface area contributed by atoms with Crippen LogP contribution in [0.3, 0.4) is 0 Å². The van der Waals surface area contributed by atoms with E-state index in [9.17, 15) is 4.79 Å². The summed E-state index contributed by atoms with van der Waals surface area (Å²) in [7, 11) is 0. The van der Waals surface area contributed by atoms with E-state index in [1.54, 1.807) is 0 Å². The summed E-state index contributed by atoms with van der Waals surface area (Å²) >= 11 is 5.99. The molecular weight excluding hydrogens is 320 g/mol. The Morgan fingerprint density at radius 1 is 1.04 bits per heavy atom. The second-order valence-corrected chi connectivity index (χ2v) is 6.76. The lowest BCUT2D eigenvalue weighted by molar-refractivity contribution is -0.131. The fraction of sp³-hybridized carbons (Fsp3) is 0.190. The van der Waals surface area contributed by atoms with Gasteiger partial charge in [0, 0.05) is 11.9 Å². The molecule has 1 saturated carbocycles. The molecule has 0 N–H and O–H groups in total. The van der Waals surface area contributed by atoms with Crippen molar-refractivity contribution < 1.29 is 9.53 Å². The number of hydrogen-bond acceptors (Lipinski definition) is 2. The summed E-state index contributed by atoms with van der Waals surface area (Å²) in [4.78, 5) is 11.3. The lowest BCUT2D eigenvalue weighted by atomic mass is 9.98. The van der Waals surface area contributed by atoms with Gasteiger partial charge in [-0.2, -0.15) is 0 Å². The fourth-order valence-corrected chi connectivity index (χ4v) is 3.59. The molecule has 3 heteroatoms. The Morgan fingerprint density at radius 2 is 1.79 bits per heavy atom. The van der Waals surface area contributed by atoms with Crippen LogP contribution < -0.4 is 4.74 Å². The number of benzene rings is 3. The maximum atomic E-state index is 11.3. The molecule has 120 valence electrons. The number of fused-ring (bicyclic) bond motifs is 1. The molecule has 3 aromatic carbocycles. The van der Waals surface area contributed by atoms with Gasteiger partial charge < -0.3 is 4.74 Å². The predicted octanol–water partition coefficient (Wildman–Crippen LogP) is 5.69. The van der Waals surface area contributed by atoms with Gasteiger partial charge in [-0.1, -0.05) is 48.0 Å². The van der Waals surface area contributed by atoms with Crippen molar-refractivity contribution in [1.29, 1.82) is 0 Å². The summed E-state index contributed by atoms with van der Waals surface area (Å²) in [6.45, 7) is 1.43. The SMILES string of the molecule is CC(=O)Oc1cc(C2CC2c2ccc(Cl)cc2)c2ccccc2c1. The van der Waals surface area contributed by atoms with E-state index in [1.165, 1.54) is 23.4 Å². The molecule has 0 aliphatic heterocycles. The monoisotopic (exact) mass is 336 g/mol. The highest BCUT2D eigenvalue weighted by atomic mass is 35.5. The molecule has 1 aliphatic carbocycles. The molecule has 0 radical (unpaired) electrons. The highest BCUT2D eigenvalue weighted by Gasteiger charge is 2.40. The third-order valence-electron chi connectivity index (χ3n) is 4.62. The van der Waals surface area contributed by atoms with Crippen LogP contribution in [0.15, 0.2) is 60.7 Å². The third kappa shape index (κ3) is 2.90. The molecule has 3 aromatic rings. The van der Waals surface area contributed by atoms with Crippen molar-refractivity contribution in [3.05, 3.63) is 76.8 Å². The molecule has 2 nitrogen and oxygen atoms in total. The predicted molar refractivity (Wildman–Crippen MR) is 96.8 cm³/mol. The first-order valence-electron chi connectivity index (χ1n) is 8.08. The zero-order valence-electron chi connectivity index (χ0n) is 13.3. The lowest BCUT2D eigenvalue weighted by Crippen LogP contribution is -2.02. The number of carbonyl (C=O) groups is 1. The molecule has 0 spiro atoms. The minimum absolute atomic E-state index is 0.290. The Bertz CT molecular complexity index is 915. The van der Waals surface area contributed by atoms with Gasteiger partial charge in [0.2, 0.25) is 0 Å². The van der Waals surface area contributed by atoms with Crippen LogP contribution in [0.2, 0.25) is 5.02 Å². The lowest BCUT2D eigenvalue weighted by Gasteiger charge is -2.10. The molecule has 0 heterocycles. The molecule has 0 saturated heterocycles. The molecule has 24 heavy (non-hydrogen) atoms. The Morgan fingerprint density at radius 3 is 2.54 bits per heavy atom. The summed E-state index contributed by atoms with van der Waals surface area (Å²) in [5, 5.41) is 3.10. The van der Waals surface area contributed by atoms with Crippen molar-refractivity contribution in [2.45, 2.75) is 25.2 Å². The summed E-state index contributed by atoms with van der Waals surface area (Å²) in [6.07, 6.45) is 1.11. The van der Waals surface area contributed by atoms with Crippen molar-refractivity contribution in [3.63, 3.8) is 0 Å². The van der Waals surface area contributed by atoms with Crippen molar-refractivity contribution in [2.75, 3.05) is 0 Å². The zero-order chi connectivity index (χ0) is 16.7. The topological polar surface area (TPSA) is 26.3 Å². The molecule has 2 atom stereocenters. The van der Waals surface area contributed by atoms with Crippen LogP contribution in [0.25, 0.3) is 10.8 Å². The molecule has 1 aliphatic rings. The molecule has 1 fully saturated rings. The number of esters is 1. The second kappa shape index (κ2) is 5.95. The van der Waals surface area contributed by atoms with Crippen LogP contribution in [0, 0.1) is 0 Å². The van der Waals surface area contributed by atoms with Crippen LogP contribution in [0.4, 0.5) is 0 Å². The number of ether oxygens (including phenoxy) is 1. The maximum absolute atomic E-state index is 11.3. The van der Waals surface area contributed by atoms with E-state index in [4.69, 9.17) is 16.3 Å². The van der Waals surface area contributed by atoms with Gasteiger partial charge in [0.1, 0.15) is 5.75 Å². The van der Waals surface area contributed by atoms with Crippen molar-refractivity contribution >= 4 is 28.3 Å². The van der Waals surface area contributed by atoms with Crippen molar-refractivity contribution in [1.82, 2.24) is 0 Å². The molecule has 0 bridgehead atoms. The normalized spacial score (nSPS) is 19.2. The number of hydrogen-bond donors (Lipinski definition) is 0. The van der Waals surface area contributed by atoms with Gasteiger partial charge in [-0.25, -0.2) is 0 Å². The summed E-state index contributed by atoms with van der Waals surface area (Å²) in [6, 6.07) is 20.3. The third-order valence-corrected chi connectivity index (χ3v) is 4.87.